The van der Waals surface area contributed by atoms with Crippen LogP contribution in [0, 0.1) is 5.82 Å². The van der Waals surface area contributed by atoms with E-state index in [1.807, 2.05) is 0 Å². The second-order valence-corrected chi connectivity index (χ2v) is 8.50. The summed E-state index contributed by atoms with van der Waals surface area (Å²) in [7, 11) is 0. The highest BCUT2D eigenvalue weighted by Gasteiger charge is 2.38. The van der Waals surface area contributed by atoms with Crippen molar-refractivity contribution in [2.75, 3.05) is 0 Å². The molecule has 0 bridgehead atoms. The van der Waals surface area contributed by atoms with E-state index in [0.717, 1.165) is 37.7 Å². The summed E-state index contributed by atoms with van der Waals surface area (Å²) >= 11 is 12.7. The van der Waals surface area contributed by atoms with Crippen molar-refractivity contribution in [3.05, 3.63) is 69.1 Å². The molecule has 0 aromatic heterocycles. The number of urea groups is 1. The number of halogens is 3. The number of nitrogens with one attached hydrogen (secondary N) is 1. The predicted molar refractivity (Wildman–Crippen MR) is 117 cm³/mol. The molecule has 2 aliphatic rings. The number of carbonyl (C=O) groups excluding carboxylic acids is 2. The first-order chi connectivity index (χ1) is 14.9. The maximum absolute atomic E-state index is 13.0. The molecule has 2 aromatic rings. The number of carbonyl (C=O) groups is 2. The van der Waals surface area contributed by atoms with Crippen LogP contribution in [0.3, 0.4) is 0 Å². The van der Waals surface area contributed by atoms with E-state index in [1.54, 1.807) is 30.3 Å². The van der Waals surface area contributed by atoms with Crippen LogP contribution in [0.5, 0.6) is 5.75 Å². The lowest BCUT2D eigenvalue weighted by atomic mass is 9.94. The van der Waals surface area contributed by atoms with E-state index in [9.17, 15) is 14.0 Å². The van der Waals surface area contributed by atoms with Gasteiger partial charge in [-0.1, -0.05) is 54.6 Å². The number of imide groups is 1. The first-order valence-corrected chi connectivity index (χ1v) is 10.9. The fraction of sp³-hybridized carbons (Fsp3) is 0.304. The van der Waals surface area contributed by atoms with Gasteiger partial charge in [-0.3, -0.25) is 9.69 Å². The van der Waals surface area contributed by atoms with Gasteiger partial charge in [-0.15, -0.1) is 0 Å². The Morgan fingerprint density at radius 2 is 1.71 bits per heavy atom. The van der Waals surface area contributed by atoms with Crippen LogP contribution in [0.15, 0.2) is 42.1 Å². The first kappa shape index (κ1) is 21.7. The average molecular weight is 463 g/mol. The van der Waals surface area contributed by atoms with E-state index in [0.29, 0.717) is 11.3 Å². The normalized spacial score (nSPS) is 18.5. The van der Waals surface area contributed by atoms with E-state index < -0.39 is 0 Å². The molecule has 0 spiro atoms. The number of nitrogens with zero attached hydrogens (tertiary/aromatic N) is 1. The third kappa shape index (κ3) is 4.86. The van der Waals surface area contributed by atoms with Gasteiger partial charge in [0.1, 0.15) is 18.1 Å². The second kappa shape index (κ2) is 9.28. The minimum absolute atomic E-state index is 0.0541. The summed E-state index contributed by atoms with van der Waals surface area (Å²) in [6, 6.07) is 8.71. The quantitative estimate of drug-likeness (QED) is 0.441. The monoisotopic (exact) mass is 462 g/mol. The Bertz CT molecular complexity index is 1010. The average Bonchev–Trinajstić information content (AvgIpc) is 3.02. The van der Waals surface area contributed by atoms with Crippen molar-refractivity contribution in [2.24, 2.45) is 0 Å². The third-order valence-electron chi connectivity index (χ3n) is 5.48. The summed E-state index contributed by atoms with van der Waals surface area (Å²) in [6.45, 7) is 0.172. The maximum atomic E-state index is 13.0. The number of hydrogen-bond donors (Lipinski definition) is 1. The Hall–Kier alpha value is -2.57. The molecule has 0 atom stereocenters. The van der Waals surface area contributed by atoms with Crippen molar-refractivity contribution >= 4 is 41.2 Å². The molecule has 8 heteroatoms. The van der Waals surface area contributed by atoms with E-state index in [-0.39, 0.29) is 46.1 Å². The molecule has 3 amide bonds. The molecule has 0 unspecified atom stereocenters. The SMILES string of the molecule is O=C1N/C(=C\c2cc(Cl)c(OCc3ccc(F)cc3)c(Cl)c2)C(=O)N1C1CCCCC1. The van der Waals surface area contributed by atoms with Crippen LogP contribution in [0.2, 0.25) is 10.0 Å². The Balaban J connectivity index is 1.49. The zero-order chi connectivity index (χ0) is 22.0. The van der Waals surface area contributed by atoms with Crippen LogP contribution in [0.25, 0.3) is 6.08 Å². The standard InChI is InChI=1S/C23H21Cl2FN2O3/c24-18-10-15(11-19(25)21(18)31-13-14-6-8-16(26)9-7-14)12-20-22(29)28(23(30)27-20)17-4-2-1-3-5-17/h6-12,17H,1-5,13H2,(H,27,30)/b20-12-. The number of amides is 3. The summed E-state index contributed by atoms with van der Waals surface area (Å²) in [5.74, 6) is -0.367. The second-order valence-electron chi connectivity index (χ2n) is 7.68. The maximum Gasteiger partial charge on any atom is 0.329 e. The van der Waals surface area contributed by atoms with Crippen molar-refractivity contribution in [2.45, 2.75) is 44.8 Å². The lowest BCUT2D eigenvalue weighted by Gasteiger charge is -2.28. The van der Waals surface area contributed by atoms with E-state index in [2.05, 4.69) is 5.32 Å². The minimum Gasteiger partial charge on any atom is -0.486 e. The molecule has 31 heavy (non-hydrogen) atoms. The molecule has 1 saturated heterocycles. The van der Waals surface area contributed by atoms with Crippen molar-refractivity contribution in [1.82, 2.24) is 10.2 Å². The minimum atomic E-state index is -0.389. The van der Waals surface area contributed by atoms with Crippen molar-refractivity contribution in [3.8, 4) is 5.75 Å². The van der Waals surface area contributed by atoms with Crippen molar-refractivity contribution in [3.63, 3.8) is 0 Å². The van der Waals surface area contributed by atoms with Gasteiger partial charge >= 0.3 is 6.03 Å². The van der Waals surface area contributed by atoms with Gasteiger partial charge in [0.25, 0.3) is 5.91 Å². The van der Waals surface area contributed by atoms with Gasteiger partial charge < -0.3 is 10.1 Å². The molecule has 2 fully saturated rings. The fourth-order valence-electron chi connectivity index (χ4n) is 3.92. The van der Waals surface area contributed by atoms with Gasteiger partial charge in [0.15, 0.2) is 5.75 Å². The third-order valence-corrected chi connectivity index (χ3v) is 6.04. The molecule has 1 aliphatic heterocycles. The molecular weight excluding hydrogens is 442 g/mol. The van der Waals surface area contributed by atoms with Crippen LogP contribution in [-0.4, -0.2) is 22.9 Å². The highest BCUT2D eigenvalue weighted by molar-refractivity contribution is 6.37. The summed E-state index contributed by atoms with van der Waals surface area (Å²) < 4.78 is 18.7. The van der Waals surface area contributed by atoms with Gasteiger partial charge in [0.05, 0.1) is 10.0 Å². The first-order valence-electron chi connectivity index (χ1n) is 10.1. The van der Waals surface area contributed by atoms with Gasteiger partial charge in [0, 0.05) is 6.04 Å². The van der Waals surface area contributed by atoms with Crippen LogP contribution < -0.4 is 10.1 Å². The molecule has 5 nitrogen and oxygen atoms in total. The summed E-state index contributed by atoms with van der Waals surface area (Å²) in [4.78, 5) is 26.5. The molecule has 2 aromatic carbocycles. The molecule has 162 valence electrons. The Morgan fingerprint density at radius 1 is 1.06 bits per heavy atom. The van der Waals surface area contributed by atoms with Gasteiger partial charge in [0.2, 0.25) is 0 Å². The highest BCUT2D eigenvalue weighted by Crippen LogP contribution is 2.36. The Kier molecular flexibility index (Phi) is 6.49. The number of hydrogen-bond acceptors (Lipinski definition) is 3. The fourth-order valence-corrected chi connectivity index (χ4v) is 4.54. The van der Waals surface area contributed by atoms with Crippen molar-refractivity contribution in [1.29, 1.82) is 0 Å². The summed E-state index contributed by atoms with van der Waals surface area (Å²) in [5, 5.41) is 3.19. The van der Waals surface area contributed by atoms with Crippen molar-refractivity contribution < 1.29 is 18.7 Å². The van der Waals surface area contributed by atoms with Crippen LogP contribution in [-0.2, 0) is 11.4 Å². The Morgan fingerprint density at radius 3 is 2.35 bits per heavy atom. The zero-order valence-corrected chi connectivity index (χ0v) is 18.2. The number of rotatable bonds is 5. The lowest BCUT2D eigenvalue weighted by molar-refractivity contribution is -0.124. The number of ether oxygens (including phenoxy) is 1. The summed E-state index contributed by atoms with van der Waals surface area (Å²) in [5.41, 5.74) is 1.53. The lowest BCUT2D eigenvalue weighted by Crippen LogP contribution is -2.41. The van der Waals surface area contributed by atoms with Crippen LogP contribution in [0.1, 0.15) is 43.2 Å². The van der Waals surface area contributed by atoms with Crippen LogP contribution >= 0.6 is 23.2 Å². The predicted octanol–water partition coefficient (Wildman–Crippen LogP) is 5.94. The Labute approximate surface area is 189 Å². The molecule has 1 N–H and O–H groups in total. The molecular formula is C23H21Cl2FN2O3. The van der Waals surface area contributed by atoms with Gasteiger partial charge in [-0.25, -0.2) is 9.18 Å². The molecule has 1 aliphatic carbocycles. The molecule has 0 radical (unpaired) electrons. The van der Waals surface area contributed by atoms with E-state index in [4.69, 9.17) is 27.9 Å². The largest absolute Gasteiger partial charge is 0.486 e. The molecule has 1 saturated carbocycles. The smallest absolute Gasteiger partial charge is 0.329 e. The summed E-state index contributed by atoms with van der Waals surface area (Å²) in [6.07, 6.45) is 6.41. The number of benzene rings is 2. The van der Waals surface area contributed by atoms with Gasteiger partial charge in [-0.05, 0) is 54.3 Å². The molecule has 1 heterocycles. The molecule has 4 rings (SSSR count). The zero-order valence-electron chi connectivity index (χ0n) is 16.7. The van der Waals surface area contributed by atoms with Crippen LogP contribution in [0.4, 0.5) is 9.18 Å². The topological polar surface area (TPSA) is 58.6 Å². The highest BCUT2D eigenvalue weighted by atomic mass is 35.5. The van der Waals surface area contributed by atoms with Gasteiger partial charge in [-0.2, -0.15) is 0 Å². The van der Waals surface area contributed by atoms with E-state index in [1.165, 1.54) is 17.0 Å². The van der Waals surface area contributed by atoms with E-state index >= 15 is 0 Å².